The van der Waals surface area contributed by atoms with E-state index in [0.717, 1.165) is 12.1 Å². The van der Waals surface area contributed by atoms with Gasteiger partial charge in [0.25, 0.3) is 0 Å². The van der Waals surface area contributed by atoms with E-state index in [9.17, 15) is 13.6 Å². The molecule has 0 aliphatic carbocycles. The number of benzene rings is 1. The number of carbonyl (C=O) groups is 1. The van der Waals surface area contributed by atoms with Gasteiger partial charge in [0.2, 0.25) is 0 Å². The van der Waals surface area contributed by atoms with Crippen molar-refractivity contribution in [2.24, 2.45) is 4.99 Å². The Morgan fingerprint density at radius 3 is 2.43 bits per heavy atom. The zero-order valence-corrected chi connectivity index (χ0v) is 12.7. The second-order valence-corrected chi connectivity index (χ2v) is 4.35. The van der Waals surface area contributed by atoms with E-state index < -0.39 is 17.6 Å². The van der Waals surface area contributed by atoms with E-state index in [4.69, 9.17) is 4.74 Å². The summed E-state index contributed by atoms with van der Waals surface area (Å²) in [5, 5.41) is 0. The highest BCUT2D eigenvalue weighted by atomic mass is 19.2. The summed E-state index contributed by atoms with van der Waals surface area (Å²) in [6.07, 6.45) is 1.96. The normalized spacial score (nSPS) is 12.5. The molecule has 0 aliphatic rings. The fourth-order valence-electron chi connectivity index (χ4n) is 2.04. The molecular weight excluding hydrogens is 276 g/mol. The van der Waals surface area contributed by atoms with Gasteiger partial charge in [-0.15, -0.1) is 0 Å². The van der Waals surface area contributed by atoms with Gasteiger partial charge in [-0.2, -0.15) is 0 Å². The molecule has 0 atom stereocenters. The van der Waals surface area contributed by atoms with Crippen molar-refractivity contribution in [3.63, 3.8) is 0 Å². The molecule has 0 aromatic heterocycles. The van der Waals surface area contributed by atoms with Crippen LogP contribution in [0.4, 0.5) is 14.5 Å². The fourth-order valence-corrected chi connectivity index (χ4v) is 2.04. The van der Waals surface area contributed by atoms with Gasteiger partial charge in [-0.05, 0) is 38.8 Å². The molecule has 114 valence electrons. The van der Waals surface area contributed by atoms with Crippen LogP contribution in [0.3, 0.4) is 0 Å². The Balaban J connectivity index is 3.50. The summed E-state index contributed by atoms with van der Waals surface area (Å²) in [5.74, 6) is -2.41. The lowest BCUT2D eigenvalue weighted by Crippen LogP contribution is -2.08. The van der Waals surface area contributed by atoms with Crippen molar-refractivity contribution < 1.29 is 18.3 Å². The highest BCUT2D eigenvalue weighted by Gasteiger charge is 2.17. The number of esters is 1. The maximum Gasteiger partial charge on any atom is 0.333 e. The third kappa shape index (κ3) is 3.97. The molecule has 1 aromatic rings. The maximum absolute atomic E-state index is 13.5. The van der Waals surface area contributed by atoms with Gasteiger partial charge >= 0.3 is 5.97 Å². The SMILES string of the molecule is CC=Nc1cc(F)c(F)cc1/C(CC)=C(\C)C(=O)OCC. The third-order valence-corrected chi connectivity index (χ3v) is 3.02. The number of halogens is 2. The van der Waals surface area contributed by atoms with Crippen LogP contribution in [0, 0.1) is 11.6 Å². The number of aliphatic imine (C=N–C) groups is 1. The molecule has 1 rings (SSSR count). The molecule has 0 saturated heterocycles. The summed E-state index contributed by atoms with van der Waals surface area (Å²) < 4.78 is 31.9. The molecule has 0 saturated carbocycles. The summed E-state index contributed by atoms with van der Waals surface area (Å²) in [7, 11) is 0. The van der Waals surface area contributed by atoms with E-state index in [2.05, 4.69) is 4.99 Å². The molecule has 0 aliphatic heterocycles. The first-order valence-corrected chi connectivity index (χ1v) is 6.81. The number of rotatable bonds is 5. The average Bonchev–Trinajstić information content (AvgIpc) is 2.45. The van der Waals surface area contributed by atoms with Crippen LogP contribution < -0.4 is 0 Å². The number of ether oxygens (including phenoxy) is 1. The number of nitrogens with zero attached hydrogens (tertiary/aromatic N) is 1. The highest BCUT2D eigenvalue weighted by Crippen LogP contribution is 2.33. The van der Waals surface area contributed by atoms with E-state index in [1.807, 2.05) is 6.92 Å². The molecule has 0 unspecified atom stereocenters. The van der Waals surface area contributed by atoms with E-state index in [1.165, 1.54) is 6.21 Å². The van der Waals surface area contributed by atoms with Crippen LogP contribution in [0.5, 0.6) is 0 Å². The minimum atomic E-state index is -0.970. The van der Waals surface area contributed by atoms with Crippen LogP contribution >= 0.6 is 0 Å². The van der Waals surface area contributed by atoms with E-state index in [0.29, 0.717) is 23.1 Å². The standard InChI is InChI=1S/C16H19F2NO2/c1-5-11(10(4)16(20)21-7-3)12-8-13(17)14(18)9-15(12)19-6-2/h6,8-9H,5,7H2,1-4H3/b11-10+,19-6?. The van der Waals surface area contributed by atoms with Crippen molar-refractivity contribution in [2.45, 2.75) is 34.1 Å². The first kappa shape index (κ1) is 17.0. The predicted octanol–water partition coefficient (Wildman–Crippen LogP) is 4.43. The van der Waals surface area contributed by atoms with E-state index in [1.54, 1.807) is 20.8 Å². The summed E-state index contributed by atoms with van der Waals surface area (Å²) in [4.78, 5) is 15.9. The Morgan fingerprint density at radius 2 is 1.90 bits per heavy atom. The highest BCUT2D eigenvalue weighted by molar-refractivity contribution is 5.98. The molecule has 0 spiro atoms. The van der Waals surface area contributed by atoms with Gasteiger partial charge in [-0.1, -0.05) is 6.92 Å². The molecule has 0 radical (unpaired) electrons. The van der Waals surface area contributed by atoms with Crippen LogP contribution in [0.25, 0.3) is 5.57 Å². The van der Waals surface area contributed by atoms with Gasteiger partial charge in [0, 0.05) is 23.4 Å². The van der Waals surface area contributed by atoms with Gasteiger partial charge in [0.05, 0.1) is 12.3 Å². The molecule has 0 amide bonds. The number of hydrogen-bond donors (Lipinski definition) is 0. The Kier molecular flexibility index (Phi) is 6.21. The second kappa shape index (κ2) is 7.67. The third-order valence-electron chi connectivity index (χ3n) is 3.02. The molecule has 3 nitrogen and oxygen atoms in total. The van der Waals surface area contributed by atoms with Gasteiger partial charge in [-0.25, -0.2) is 13.6 Å². The molecule has 0 bridgehead atoms. The summed E-state index contributed by atoms with van der Waals surface area (Å²) >= 11 is 0. The van der Waals surface area contributed by atoms with Gasteiger partial charge in [-0.3, -0.25) is 4.99 Å². The fraction of sp³-hybridized carbons (Fsp3) is 0.375. The Bertz CT molecular complexity index is 592. The number of allylic oxidation sites excluding steroid dienone is 1. The zero-order valence-electron chi connectivity index (χ0n) is 12.7. The molecule has 5 heteroatoms. The van der Waals surface area contributed by atoms with Crippen molar-refractivity contribution >= 4 is 23.4 Å². The Labute approximate surface area is 123 Å². The molecule has 0 heterocycles. The van der Waals surface area contributed by atoms with Crippen LogP contribution in [0.15, 0.2) is 22.7 Å². The first-order valence-electron chi connectivity index (χ1n) is 6.81. The summed E-state index contributed by atoms with van der Waals surface area (Å²) in [5.41, 5.74) is 1.66. The minimum absolute atomic E-state index is 0.255. The van der Waals surface area contributed by atoms with Crippen LogP contribution in [-0.4, -0.2) is 18.8 Å². The predicted molar refractivity (Wildman–Crippen MR) is 79.7 cm³/mol. The minimum Gasteiger partial charge on any atom is -0.463 e. The van der Waals surface area contributed by atoms with Crippen LogP contribution in [-0.2, 0) is 9.53 Å². The average molecular weight is 295 g/mol. The Morgan fingerprint density at radius 1 is 1.29 bits per heavy atom. The molecule has 0 fully saturated rings. The van der Waals surface area contributed by atoms with Crippen molar-refractivity contribution in [2.75, 3.05) is 6.61 Å². The topological polar surface area (TPSA) is 38.7 Å². The number of carbonyl (C=O) groups excluding carboxylic acids is 1. The molecule has 21 heavy (non-hydrogen) atoms. The van der Waals surface area contributed by atoms with Gasteiger partial charge < -0.3 is 4.74 Å². The van der Waals surface area contributed by atoms with E-state index in [-0.39, 0.29) is 12.3 Å². The van der Waals surface area contributed by atoms with E-state index >= 15 is 0 Å². The lowest BCUT2D eigenvalue weighted by Gasteiger charge is -2.13. The van der Waals surface area contributed by atoms with Crippen LogP contribution in [0.1, 0.15) is 39.7 Å². The largest absolute Gasteiger partial charge is 0.463 e. The van der Waals surface area contributed by atoms with Gasteiger partial charge in [0.15, 0.2) is 11.6 Å². The quantitative estimate of drug-likeness (QED) is 0.458. The molecule has 0 N–H and O–H groups in total. The monoisotopic (exact) mass is 295 g/mol. The smallest absolute Gasteiger partial charge is 0.333 e. The second-order valence-electron chi connectivity index (χ2n) is 4.35. The maximum atomic E-state index is 13.5. The van der Waals surface area contributed by atoms with Crippen molar-refractivity contribution in [1.82, 2.24) is 0 Å². The summed E-state index contributed by atoms with van der Waals surface area (Å²) in [6.45, 7) is 7.08. The van der Waals surface area contributed by atoms with Crippen LogP contribution in [0.2, 0.25) is 0 Å². The van der Waals surface area contributed by atoms with Crippen molar-refractivity contribution in [3.8, 4) is 0 Å². The Hall–Kier alpha value is -2.04. The van der Waals surface area contributed by atoms with Crippen molar-refractivity contribution in [3.05, 3.63) is 34.9 Å². The molecular formula is C16H19F2NO2. The van der Waals surface area contributed by atoms with Crippen molar-refractivity contribution in [1.29, 1.82) is 0 Å². The van der Waals surface area contributed by atoms with Gasteiger partial charge in [0.1, 0.15) is 0 Å². The lowest BCUT2D eigenvalue weighted by molar-refractivity contribution is -0.138. The first-order chi connectivity index (χ1) is 9.96. The molecule has 1 aromatic carbocycles. The summed E-state index contributed by atoms with van der Waals surface area (Å²) in [6, 6.07) is 2.10. The number of hydrogen-bond acceptors (Lipinski definition) is 3. The lowest BCUT2D eigenvalue weighted by atomic mass is 9.96. The zero-order chi connectivity index (χ0) is 16.0.